The fraction of sp³-hybridized carbons (Fsp3) is 0.302. The van der Waals surface area contributed by atoms with Crippen molar-refractivity contribution < 1.29 is 40.7 Å². The number of benzene rings is 5. The van der Waals surface area contributed by atoms with Crippen molar-refractivity contribution in [1.82, 2.24) is 0 Å². The molecule has 5 atom stereocenters. The summed E-state index contributed by atoms with van der Waals surface area (Å²) in [5.74, 6) is -2.39. The van der Waals surface area contributed by atoms with Crippen LogP contribution in [0.25, 0.3) is 0 Å². The molecule has 2 saturated heterocycles. The van der Waals surface area contributed by atoms with E-state index in [9.17, 15) is 7.85 Å². The number of halogens is 2. The molecular formula is C43H42ClFO7. The smallest absolute Gasteiger partial charge is 0.225 e. The predicted octanol–water partition coefficient (Wildman–Crippen LogP) is 8.17. The lowest BCUT2D eigenvalue weighted by atomic mass is 9.83. The van der Waals surface area contributed by atoms with E-state index in [1.807, 2.05) is 91.0 Å². The van der Waals surface area contributed by atoms with Crippen LogP contribution in [-0.4, -0.2) is 48.8 Å². The van der Waals surface area contributed by atoms with E-state index in [1.165, 1.54) is 12.1 Å². The SMILES string of the molecule is [2H]C([2H])(c1ccc(OCC)c(F)c1)c1cc([C@@]23OC[C@@](CO)(O2)[C@@H](OCc2ccccc2)[C@H](OCc2ccccc2)[C@H]3OCc2ccccc2)ccc1Cl. The van der Waals surface area contributed by atoms with Gasteiger partial charge in [-0.15, -0.1) is 0 Å². The Morgan fingerprint density at radius 1 is 0.769 bits per heavy atom. The summed E-state index contributed by atoms with van der Waals surface area (Å²) in [6.45, 7) is 1.98. The van der Waals surface area contributed by atoms with Crippen LogP contribution in [0, 0.1) is 5.82 Å². The zero-order valence-electron chi connectivity index (χ0n) is 30.8. The van der Waals surface area contributed by atoms with E-state index in [0.29, 0.717) is 5.56 Å². The highest BCUT2D eigenvalue weighted by Crippen LogP contribution is 2.53. The largest absolute Gasteiger partial charge is 0.491 e. The number of ether oxygens (including phenoxy) is 6. The van der Waals surface area contributed by atoms with Crippen molar-refractivity contribution in [3.63, 3.8) is 0 Å². The molecule has 52 heavy (non-hydrogen) atoms. The predicted molar refractivity (Wildman–Crippen MR) is 195 cm³/mol. The van der Waals surface area contributed by atoms with Crippen LogP contribution in [0.2, 0.25) is 5.02 Å². The van der Waals surface area contributed by atoms with Gasteiger partial charge in [0.2, 0.25) is 5.79 Å². The molecule has 270 valence electrons. The summed E-state index contributed by atoms with van der Waals surface area (Å²) in [7, 11) is 0. The molecule has 2 heterocycles. The maximum Gasteiger partial charge on any atom is 0.225 e. The Bertz CT molecular complexity index is 2010. The van der Waals surface area contributed by atoms with Gasteiger partial charge in [0.1, 0.15) is 23.9 Å². The number of fused-ring (bicyclic) bond motifs is 2. The molecule has 1 N–H and O–H groups in total. The van der Waals surface area contributed by atoms with Crippen molar-refractivity contribution in [2.24, 2.45) is 0 Å². The lowest BCUT2D eigenvalue weighted by Gasteiger charge is -2.50. The molecule has 0 radical (unpaired) electrons. The highest BCUT2D eigenvalue weighted by atomic mass is 35.5. The molecule has 5 aromatic carbocycles. The Kier molecular flexibility index (Phi) is 10.5. The maximum atomic E-state index is 15.0. The van der Waals surface area contributed by atoms with Crippen LogP contribution in [0.5, 0.6) is 5.75 Å². The van der Waals surface area contributed by atoms with Gasteiger partial charge in [0.15, 0.2) is 11.6 Å². The van der Waals surface area contributed by atoms with E-state index in [4.69, 9.17) is 40.0 Å². The van der Waals surface area contributed by atoms with Gasteiger partial charge in [-0.25, -0.2) is 4.39 Å². The van der Waals surface area contributed by atoms with Gasteiger partial charge in [0, 0.05) is 13.3 Å². The Morgan fingerprint density at radius 3 is 1.94 bits per heavy atom. The van der Waals surface area contributed by atoms with Crippen molar-refractivity contribution >= 4 is 11.6 Å². The summed E-state index contributed by atoms with van der Waals surface area (Å²) in [4.78, 5) is 0. The minimum absolute atomic E-state index is 0.0232. The second kappa shape index (κ2) is 16.3. The molecule has 0 amide bonds. The molecule has 9 heteroatoms. The first-order chi connectivity index (χ1) is 26.2. The normalized spacial score (nSPS) is 24.7. The standard InChI is InChI=1S/C43H42ClFO7/c1-2-47-38-21-18-33(23-37(38)45)22-34-24-35(19-20-36(34)44)43-41(50-27-32-16-10-5-11-17-32)39(48-25-30-12-6-3-7-13-30)40(42(28-46,52-43)29-51-43)49-26-31-14-8-4-9-15-31/h3-21,23-24,39-41,46H,2,22,25-29H2,1H3/t39-,40-,41+,42+,43+/m0/s1/i22D2. The molecule has 0 saturated carbocycles. The minimum Gasteiger partial charge on any atom is -0.491 e. The third-order valence-corrected chi connectivity index (χ3v) is 9.68. The number of aliphatic hydroxyl groups excluding tert-OH is 1. The fourth-order valence-corrected chi connectivity index (χ4v) is 6.94. The van der Waals surface area contributed by atoms with E-state index in [2.05, 4.69) is 0 Å². The monoisotopic (exact) mass is 726 g/mol. The summed E-state index contributed by atoms with van der Waals surface area (Å²) in [5, 5.41) is 11.3. The average molecular weight is 727 g/mol. The van der Waals surface area contributed by atoms with Gasteiger partial charge >= 0.3 is 0 Å². The van der Waals surface area contributed by atoms with Gasteiger partial charge < -0.3 is 33.5 Å². The first-order valence-corrected chi connectivity index (χ1v) is 17.7. The molecule has 2 aliphatic heterocycles. The first-order valence-electron chi connectivity index (χ1n) is 18.3. The van der Waals surface area contributed by atoms with Crippen molar-refractivity contribution in [1.29, 1.82) is 0 Å². The lowest BCUT2D eigenvalue weighted by molar-refractivity contribution is -0.353. The zero-order valence-corrected chi connectivity index (χ0v) is 29.5. The number of rotatable bonds is 15. The quantitative estimate of drug-likeness (QED) is 0.117. The first kappa shape index (κ1) is 33.7. The summed E-state index contributed by atoms with van der Waals surface area (Å²) >= 11 is 6.73. The molecule has 0 unspecified atom stereocenters. The van der Waals surface area contributed by atoms with Gasteiger partial charge in [-0.05, 0) is 65.4 Å². The van der Waals surface area contributed by atoms with Crippen molar-refractivity contribution in [2.75, 3.05) is 19.8 Å². The van der Waals surface area contributed by atoms with Gasteiger partial charge in [0.05, 0.1) is 39.6 Å². The number of hydrogen-bond acceptors (Lipinski definition) is 7. The summed E-state index contributed by atoms with van der Waals surface area (Å²) in [6.07, 6.45) is -5.00. The van der Waals surface area contributed by atoms with E-state index in [0.717, 1.165) is 22.8 Å². The van der Waals surface area contributed by atoms with E-state index < -0.39 is 48.5 Å². The van der Waals surface area contributed by atoms with Crippen LogP contribution in [0.1, 0.15) is 43.0 Å². The van der Waals surface area contributed by atoms with Crippen LogP contribution in [0.4, 0.5) is 4.39 Å². The van der Waals surface area contributed by atoms with Crippen LogP contribution in [0.3, 0.4) is 0 Å². The molecule has 2 bridgehead atoms. The van der Waals surface area contributed by atoms with Crippen LogP contribution < -0.4 is 4.74 Å². The van der Waals surface area contributed by atoms with E-state index in [1.54, 1.807) is 25.1 Å². The lowest BCUT2D eigenvalue weighted by Crippen LogP contribution is -2.67. The maximum absolute atomic E-state index is 15.0. The molecule has 2 aliphatic rings. The Balaban J connectivity index is 1.33. The minimum atomic E-state index is -2.26. The molecule has 0 aliphatic carbocycles. The van der Waals surface area contributed by atoms with Crippen molar-refractivity contribution in [2.45, 2.75) is 62.8 Å². The third kappa shape index (κ3) is 7.65. The Morgan fingerprint density at radius 2 is 1.37 bits per heavy atom. The highest BCUT2D eigenvalue weighted by molar-refractivity contribution is 6.31. The Labute approximate surface area is 311 Å². The molecular weight excluding hydrogens is 683 g/mol. The van der Waals surface area contributed by atoms with Gasteiger partial charge in [-0.2, -0.15) is 0 Å². The van der Waals surface area contributed by atoms with Crippen molar-refractivity contribution in [3.05, 3.63) is 172 Å². The second-order valence-corrected chi connectivity index (χ2v) is 13.3. The molecule has 0 aromatic heterocycles. The molecule has 2 fully saturated rings. The number of aliphatic hydroxyl groups is 1. The van der Waals surface area contributed by atoms with Crippen LogP contribution >= 0.6 is 11.6 Å². The number of hydrogen-bond donors (Lipinski definition) is 1. The summed E-state index contributed by atoms with van der Waals surface area (Å²) in [6, 6.07) is 37.8. The second-order valence-electron chi connectivity index (χ2n) is 12.9. The van der Waals surface area contributed by atoms with E-state index in [-0.39, 0.29) is 54.9 Å². The summed E-state index contributed by atoms with van der Waals surface area (Å²) in [5.41, 5.74) is 1.79. The van der Waals surface area contributed by atoms with Gasteiger partial charge in [-0.1, -0.05) is 115 Å². The summed E-state index contributed by atoms with van der Waals surface area (Å²) < 4.78 is 72.7. The topological polar surface area (TPSA) is 75.6 Å². The molecule has 5 aromatic rings. The zero-order chi connectivity index (χ0) is 37.8. The third-order valence-electron chi connectivity index (χ3n) is 9.35. The van der Waals surface area contributed by atoms with Crippen molar-refractivity contribution in [3.8, 4) is 5.75 Å². The molecule has 7 rings (SSSR count). The highest BCUT2D eigenvalue weighted by Gasteiger charge is 2.69. The van der Waals surface area contributed by atoms with E-state index >= 15 is 4.39 Å². The van der Waals surface area contributed by atoms with Crippen LogP contribution in [0.15, 0.2) is 127 Å². The Hall–Kier alpha value is -4.12. The molecule has 7 nitrogen and oxygen atoms in total. The van der Waals surface area contributed by atoms with Gasteiger partial charge in [-0.3, -0.25) is 0 Å². The van der Waals surface area contributed by atoms with Gasteiger partial charge in [0.25, 0.3) is 0 Å². The molecule has 0 spiro atoms. The average Bonchev–Trinajstić information content (AvgIpc) is 3.56. The van der Waals surface area contributed by atoms with Crippen LogP contribution in [-0.2, 0) is 55.7 Å². The fourth-order valence-electron chi connectivity index (χ4n) is 6.78.